The maximum atomic E-state index is 3.75. The summed E-state index contributed by atoms with van der Waals surface area (Å²) in [7, 11) is 0. The molecule has 0 aromatic carbocycles. The zero-order valence-electron chi connectivity index (χ0n) is 10.5. The van der Waals surface area contributed by atoms with Crippen LogP contribution in [0.2, 0.25) is 0 Å². The third kappa shape index (κ3) is 4.08. The number of hydrogen-bond acceptors (Lipinski definition) is 2. The molecule has 1 N–H and O–H groups in total. The number of halogens is 1. The first-order valence-electron chi connectivity index (χ1n) is 6.76. The van der Waals surface area contributed by atoms with Crippen LogP contribution in [-0.4, -0.2) is 6.04 Å². The molecule has 1 aromatic rings. The molecule has 1 atom stereocenters. The highest BCUT2D eigenvalue weighted by atomic mass is 79.9. The molecule has 1 saturated carbocycles. The normalized spacial score (nSPS) is 19.4. The van der Waals surface area contributed by atoms with Gasteiger partial charge in [-0.1, -0.05) is 26.2 Å². The number of nitrogens with one attached hydrogen (secondary N) is 1. The topological polar surface area (TPSA) is 12.0 Å². The van der Waals surface area contributed by atoms with Gasteiger partial charge in [0.15, 0.2) is 0 Å². The van der Waals surface area contributed by atoms with E-state index in [1.54, 1.807) is 11.3 Å². The average Bonchev–Trinajstić information content (AvgIpc) is 2.77. The van der Waals surface area contributed by atoms with Crippen molar-refractivity contribution in [2.45, 2.75) is 58.0 Å². The van der Waals surface area contributed by atoms with Gasteiger partial charge in [-0.05, 0) is 58.1 Å². The van der Waals surface area contributed by atoms with Gasteiger partial charge in [-0.15, -0.1) is 11.3 Å². The summed E-state index contributed by atoms with van der Waals surface area (Å²) in [6.07, 6.45) is 8.44. The lowest BCUT2D eigenvalue weighted by Gasteiger charge is -2.30. The fourth-order valence-corrected chi connectivity index (χ4v) is 4.08. The van der Waals surface area contributed by atoms with Gasteiger partial charge in [0.2, 0.25) is 0 Å². The Hall–Kier alpha value is 0.140. The van der Waals surface area contributed by atoms with Gasteiger partial charge in [-0.25, -0.2) is 0 Å². The van der Waals surface area contributed by atoms with E-state index in [0.29, 0.717) is 6.04 Å². The van der Waals surface area contributed by atoms with Gasteiger partial charge < -0.3 is 5.32 Å². The SMILES string of the molecule is CCC(NCc1csc(Br)c1)C1CCCCC1. The van der Waals surface area contributed by atoms with Gasteiger partial charge in [0.25, 0.3) is 0 Å². The molecule has 1 aliphatic rings. The summed E-state index contributed by atoms with van der Waals surface area (Å²) < 4.78 is 1.24. The molecule has 96 valence electrons. The second-order valence-electron chi connectivity index (χ2n) is 5.05. The third-order valence-corrected chi connectivity index (χ3v) is 5.40. The molecule has 17 heavy (non-hydrogen) atoms. The van der Waals surface area contributed by atoms with Gasteiger partial charge in [0, 0.05) is 12.6 Å². The van der Waals surface area contributed by atoms with Crippen LogP contribution in [0, 0.1) is 5.92 Å². The van der Waals surface area contributed by atoms with E-state index in [4.69, 9.17) is 0 Å². The molecule has 2 rings (SSSR count). The Bertz CT molecular complexity index is 331. The average molecular weight is 316 g/mol. The van der Waals surface area contributed by atoms with Crippen LogP contribution < -0.4 is 5.32 Å². The fraction of sp³-hybridized carbons (Fsp3) is 0.714. The maximum Gasteiger partial charge on any atom is 0.0701 e. The second-order valence-corrected chi connectivity index (χ2v) is 7.34. The van der Waals surface area contributed by atoms with Gasteiger partial charge >= 0.3 is 0 Å². The molecular formula is C14H22BrNS. The quantitative estimate of drug-likeness (QED) is 0.809. The van der Waals surface area contributed by atoms with Crippen LogP contribution in [0.4, 0.5) is 0 Å². The first-order chi connectivity index (χ1) is 8.29. The van der Waals surface area contributed by atoms with Gasteiger partial charge in [-0.2, -0.15) is 0 Å². The fourth-order valence-electron chi connectivity index (χ4n) is 2.87. The van der Waals surface area contributed by atoms with E-state index in [9.17, 15) is 0 Å². The van der Waals surface area contributed by atoms with Crippen LogP contribution in [-0.2, 0) is 6.54 Å². The zero-order valence-corrected chi connectivity index (χ0v) is 12.9. The molecule has 0 spiro atoms. The minimum absolute atomic E-state index is 0.717. The van der Waals surface area contributed by atoms with Crippen molar-refractivity contribution in [3.05, 3.63) is 20.8 Å². The van der Waals surface area contributed by atoms with Crippen molar-refractivity contribution < 1.29 is 0 Å². The summed E-state index contributed by atoms with van der Waals surface area (Å²) in [5.41, 5.74) is 1.41. The van der Waals surface area contributed by atoms with Crippen LogP contribution in [0.1, 0.15) is 51.0 Å². The minimum atomic E-state index is 0.717. The predicted octanol–water partition coefficient (Wildman–Crippen LogP) is 4.96. The first kappa shape index (κ1) is 13.6. The Labute approximate surface area is 117 Å². The van der Waals surface area contributed by atoms with E-state index in [2.05, 4.69) is 39.6 Å². The maximum absolute atomic E-state index is 3.75. The summed E-state index contributed by atoms with van der Waals surface area (Å²) >= 11 is 5.30. The third-order valence-electron chi connectivity index (χ3n) is 3.85. The Morgan fingerprint density at radius 2 is 2.18 bits per heavy atom. The van der Waals surface area contributed by atoms with E-state index < -0.39 is 0 Å². The molecule has 1 heterocycles. The van der Waals surface area contributed by atoms with E-state index in [0.717, 1.165) is 12.5 Å². The number of hydrogen-bond donors (Lipinski definition) is 1. The van der Waals surface area contributed by atoms with Gasteiger partial charge in [0.05, 0.1) is 3.79 Å². The van der Waals surface area contributed by atoms with Crippen molar-refractivity contribution in [2.75, 3.05) is 0 Å². The van der Waals surface area contributed by atoms with Crippen LogP contribution in [0.3, 0.4) is 0 Å². The minimum Gasteiger partial charge on any atom is -0.310 e. The molecule has 0 saturated heterocycles. The Kier molecular flexibility index (Phi) is 5.51. The smallest absolute Gasteiger partial charge is 0.0701 e. The summed E-state index contributed by atoms with van der Waals surface area (Å²) in [6.45, 7) is 3.34. The lowest BCUT2D eigenvalue weighted by atomic mass is 9.83. The molecule has 0 amide bonds. The monoisotopic (exact) mass is 315 g/mol. The van der Waals surface area contributed by atoms with E-state index in [-0.39, 0.29) is 0 Å². The van der Waals surface area contributed by atoms with Crippen LogP contribution >= 0.6 is 27.3 Å². The van der Waals surface area contributed by atoms with Gasteiger partial charge in [0.1, 0.15) is 0 Å². The molecular weight excluding hydrogens is 294 g/mol. The Morgan fingerprint density at radius 3 is 2.76 bits per heavy atom. The Morgan fingerprint density at radius 1 is 1.41 bits per heavy atom. The van der Waals surface area contributed by atoms with Crippen molar-refractivity contribution in [3.63, 3.8) is 0 Å². The molecule has 1 nitrogen and oxygen atoms in total. The van der Waals surface area contributed by atoms with Crippen LogP contribution in [0.5, 0.6) is 0 Å². The molecule has 0 bridgehead atoms. The first-order valence-corrected chi connectivity index (χ1v) is 8.43. The lowest BCUT2D eigenvalue weighted by molar-refractivity contribution is 0.262. The molecule has 1 aromatic heterocycles. The summed E-state index contributed by atoms with van der Waals surface area (Å²) in [4.78, 5) is 0. The van der Waals surface area contributed by atoms with Crippen molar-refractivity contribution in [1.29, 1.82) is 0 Å². The molecule has 1 aliphatic carbocycles. The molecule has 3 heteroatoms. The zero-order chi connectivity index (χ0) is 12.1. The number of thiophene rings is 1. The number of rotatable bonds is 5. The second kappa shape index (κ2) is 6.91. The van der Waals surface area contributed by atoms with E-state index in [1.165, 1.54) is 47.9 Å². The van der Waals surface area contributed by atoms with Crippen LogP contribution in [0.25, 0.3) is 0 Å². The molecule has 0 aliphatic heterocycles. The highest BCUT2D eigenvalue weighted by Gasteiger charge is 2.21. The Balaban J connectivity index is 1.82. The predicted molar refractivity (Wildman–Crippen MR) is 79.5 cm³/mol. The van der Waals surface area contributed by atoms with Crippen molar-refractivity contribution in [3.8, 4) is 0 Å². The summed E-state index contributed by atoms with van der Waals surface area (Å²) in [6, 6.07) is 2.94. The van der Waals surface area contributed by atoms with E-state index in [1.807, 2.05) is 0 Å². The van der Waals surface area contributed by atoms with Crippen molar-refractivity contribution >= 4 is 27.3 Å². The van der Waals surface area contributed by atoms with E-state index >= 15 is 0 Å². The molecule has 1 fully saturated rings. The highest BCUT2D eigenvalue weighted by Crippen LogP contribution is 2.28. The molecule has 0 radical (unpaired) electrons. The van der Waals surface area contributed by atoms with Crippen molar-refractivity contribution in [1.82, 2.24) is 5.32 Å². The van der Waals surface area contributed by atoms with Gasteiger partial charge in [-0.3, -0.25) is 0 Å². The standard InChI is InChI=1S/C14H22BrNS/c1-2-13(12-6-4-3-5-7-12)16-9-11-8-14(15)17-10-11/h8,10,12-13,16H,2-7,9H2,1H3. The van der Waals surface area contributed by atoms with Crippen molar-refractivity contribution in [2.24, 2.45) is 5.92 Å². The highest BCUT2D eigenvalue weighted by molar-refractivity contribution is 9.11. The van der Waals surface area contributed by atoms with Crippen LogP contribution in [0.15, 0.2) is 15.2 Å². The lowest BCUT2D eigenvalue weighted by Crippen LogP contribution is -2.36. The molecule has 1 unspecified atom stereocenters. The largest absolute Gasteiger partial charge is 0.310 e. The summed E-state index contributed by atoms with van der Waals surface area (Å²) in [5, 5.41) is 6.00. The summed E-state index contributed by atoms with van der Waals surface area (Å²) in [5.74, 6) is 0.913.